The number of methoxy groups -OCH3 is 1. The molecule has 1 N–H and O–H groups in total. The summed E-state index contributed by atoms with van der Waals surface area (Å²) in [7, 11) is 1.59. The van der Waals surface area contributed by atoms with Crippen molar-refractivity contribution in [1.29, 1.82) is 0 Å². The number of hydrogen-bond acceptors (Lipinski definition) is 6. The fourth-order valence-corrected chi connectivity index (χ4v) is 4.47. The van der Waals surface area contributed by atoms with Crippen LogP contribution in [0.2, 0.25) is 0 Å². The molecule has 2 atom stereocenters. The number of fused-ring (bicyclic) bond motifs is 1. The number of ether oxygens (including phenoxy) is 2. The van der Waals surface area contributed by atoms with E-state index in [9.17, 15) is 9.59 Å². The molecule has 7 heteroatoms. The first-order valence-corrected chi connectivity index (χ1v) is 12.8. The number of nitrogens with one attached hydrogen (secondary N) is 1. The Morgan fingerprint density at radius 1 is 0.947 bits per heavy atom. The van der Waals surface area contributed by atoms with Gasteiger partial charge in [0.15, 0.2) is 5.82 Å². The van der Waals surface area contributed by atoms with Crippen molar-refractivity contribution in [3.63, 3.8) is 0 Å². The van der Waals surface area contributed by atoms with Crippen molar-refractivity contribution in [2.75, 3.05) is 12.4 Å². The number of carbonyl (C=O) groups is 2. The summed E-state index contributed by atoms with van der Waals surface area (Å²) in [5, 5.41) is 5.32. The third-order valence-corrected chi connectivity index (χ3v) is 6.27. The summed E-state index contributed by atoms with van der Waals surface area (Å²) in [6, 6.07) is 20.0. The van der Waals surface area contributed by atoms with Crippen molar-refractivity contribution in [3.05, 3.63) is 90.5 Å². The molecule has 0 spiro atoms. The highest BCUT2D eigenvalue weighted by atomic mass is 16.6. The van der Waals surface area contributed by atoms with Gasteiger partial charge in [-0.2, -0.15) is 0 Å². The summed E-state index contributed by atoms with van der Waals surface area (Å²) >= 11 is 0. The Morgan fingerprint density at radius 3 is 2.26 bits per heavy atom. The summed E-state index contributed by atoms with van der Waals surface area (Å²) in [6.45, 7) is 9.42. The summed E-state index contributed by atoms with van der Waals surface area (Å²) in [5.41, 5.74) is 0.612. The minimum atomic E-state index is -1.02. The maximum absolute atomic E-state index is 14.3. The van der Waals surface area contributed by atoms with Gasteiger partial charge < -0.3 is 19.4 Å². The van der Waals surface area contributed by atoms with Gasteiger partial charge >= 0.3 is 5.97 Å². The summed E-state index contributed by atoms with van der Waals surface area (Å²) in [5.74, 6) is -0.719. The highest BCUT2D eigenvalue weighted by molar-refractivity contribution is 6.03. The van der Waals surface area contributed by atoms with E-state index in [1.54, 1.807) is 31.6 Å². The van der Waals surface area contributed by atoms with Crippen LogP contribution in [-0.2, 0) is 9.53 Å². The topological polar surface area (TPSA) is 82.4 Å². The van der Waals surface area contributed by atoms with Gasteiger partial charge in [0.2, 0.25) is 5.78 Å². The number of esters is 1. The summed E-state index contributed by atoms with van der Waals surface area (Å²) in [4.78, 5) is 32.5. The minimum Gasteiger partial charge on any atom is -0.497 e. The number of benzene rings is 3. The number of aromatic nitrogens is 2. The molecule has 0 saturated carbocycles. The third kappa shape index (κ3) is 6.05. The molecule has 1 aromatic heterocycles. The normalized spacial score (nSPS) is 13.2. The molecule has 7 nitrogen and oxygen atoms in total. The molecule has 4 aromatic rings. The maximum Gasteiger partial charge on any atom is 0.330 e. The van der Waals surface area contributed by atoms with E-state index in [0.29, 0.717) is 22.8 Å². The molecule has 4 rings (SSSR count). The molecule has 0 radical (unpaired) electrons. The fourth-order valence-electron chi connectivity index (χ4n) is 4.47. The molecule has 1 heterocycles. The van der Waals surface area contributed by atoms with Gasteiger partial charge in [-0.1, -0.05) is 42.5 Å². The van der Waals surface area contributed by atoms with Crippen LogP contribution < -0.4 is 10.1 Å². The molecule has 0 amide bonds. The number of rotatable bonds is 9. The van der Waals surface area contributed by atoms with Gasteiger partial charge in [-0.3, -0.25) is 4.79 Å². The molecule has 0 aliphatic rings. The van der Waals surface area contributed by atoms with E-state index in [-0.39, 0.29) is 11.8 Å². The van der Waals surface area contributed by atoms with Gasteiger partial charge in [-0.25, -0.2) is 9.78 Å². The molecule has 198 valence electrons. The van der Waals surface area contributed by atoms with E-state index >= 15 is 0 Å². The van der Waals surface area contributed by atoms with Crippen LogP contribution in [0.5, 0.6) is 5.75 Å². The van der Waals surface area contributed by atoms with E-state index in [1.165, 1.54) is 0 Å². The Bertz CT molecular complexity index is 1420. The minimum absolute atomic E-state index is 0.0169. The SMILES string of the molecule is COc1ccc(N[C@H](C(=O)OC(C)(C)C)[C@@H](C(=O)c2nccn2C(C)C)c2ccc3ccccc3c2)cc1. The molecule has 3 aromatic carbocycles. The monoisotopic (exact) mass is 513 g/mol. The van der Waals surface area contributed by atoms with Crippen molar-refractivity contribution in [1.82, 2.24) is 9.55 Å². The standard InChI is InChI=1S/C31H35N3O4/c1-20(2)34-18-17-32-29(34)28(35)26(23-12-11-21-9-7-8-10-22(21)19-23)27(30(36)38-31(3,4)5)33-24-13-15-25(37-6)16-14-24/h7-20,26-27,33H,1-6H3/t26-,27-/m0/s1. The van der Waals surface area contributed by atoms with Crippen molar-refractivity contribution >= 4 is 28.2 Å². The van der Waals surface area contributed by atoms with Gasteiger partial charge in [0, 0.05) is 24.1 Å². The highest BCUT2D eigenvalue weighted by Gasteiger charge is 2.40. The van der Waals surface area contributed by atoms with Crippen LogP contribution in [0.3, 0.4) is 0 Å². The number of hydrogen-bond donors (Lipinski definition) is 1. The number of nitrogens with zero attached hydrogens (tertiary/aromatic N) is 2. The van der Waals surface area contributed by atoms with Crippen molar-refractivity contribution in [2.24, 2.45) is 0 Å². The third-order valence-electron chi connectivity index (χ3n) is 6.27. The van der Waals surface area contributed by atoms with Crippen molar-refractivity contribution < 1.29 is 19.1 Å². The molecule has 0 aliphatic carbocycles. The summed E-state index contributed by atoms with van der Waals surface area (Å²) < 4.78 is 13.0. The number of anilines is 1. The van der Waals surface area contributed by atoms with Crippen molar-refractivity contribution in [2.45, 2.75) is 58.2 Å². The van der Waals surface area contributed by atoms with Crippen LogP contribution in [0.25, 0.3) is 10.8 Å². The largest absolute Gasteiger partial charge is 0.497 e. The van der Waals surface area contributed by atoms with E-state index in [4.69, 9.17) is 9.47 Å². The van der Waals surface area contributed by atoms with Crippen LogP contribution in [-0.4, -0.2) is 40.1 Å². The van der Waals surface area contributed by atoms with Crippen molar-refractivity contribution in [3.8, 4) is 5.75 Å². The first-order valence-electron chi connectivity index (χ1n) is 12.8. The van der Waals surface area contributed by atoms with Crippen LogP contribution in [0.15, 0.2) is 79.1 Å². The molecule has 0 fully saturated rings. The van der Waals surface area contributed by atoms with Crippen LogP contribution >= 0.6 is 0 Å². The molecular formula is C31H35N3O4. The molecular weight excluding hydrogens is 478 g/mol. The second kappa shape index (κ2) is 11.1. The van der Waals surface area contributed by atoms with Gasteiger partial charge in [0.25, 0.3) is 0 Å². The number of imidazole rings is 1. The lowest BCUT2D eigenvalue weighted by Gasteiger charge is -2.30. The van der Waals surface area contributed by atoms with E-state index < -0.39 is 23.5 Å². The van der Waals surface area contributed by atoms with Crippen LogP contribution in [0.4, 0.5) is 5.69 Å². The number of ketones is 1. The first-order chi connectivity index (χ1) is 18.1. The second-order valence-corrected chi connectivity index (χ2v) is 10.6. The quantitative estimate of drug-likeness (QED) is 0.206. The Hall–Kier alpha value is -4.13. The predicted molar refractivity (Wildman–Crippen MR) is 150 cm³/mol. The first kappa shape index (κ1) is 26.9. The average Bonchev–Trinajstić information content (AvgIpc) is 3.38. The predicted octanol–water partition coefficient (Wildman–Crippen LogP) is 6.41. The molecule has 0 aliphatic heterocycles. The molecule has 0 saturated heterocycles. The molecule has 0 bridgehead atoms. The zero-order chi connectivity index (χ0) is 27.4. The van der Waals surface area contributed by atoms with E-state index in [2.05, 4.69) is 10.3 Å². The van der Waals surface area contributed by atoms with E-state index in [1.807, 2.05) is 93.8 Å². The smallest absolute Gasteiger partial charge is 0.330 e. The Morgan fingerprint density at radius 2 is 1.63 bits per heavy atom. The molecule has 38 heavy (non-hydrogen) atoms. The van der Waals surface area contributed by atoms with Crippen LogP contribution in [0, 0.1) is 0 Å². The maximum atomic E-state index is 14.3. The lowest BCUT2D eigenvalue weighted by Crippen LogP contribution is -2.44. The van der Waals surface area contributed by atoms with E-state index in [0.717, 1.165) is 10.8 Å². The molecule has 0 unspecified atom stereocenters. The Balaban J connectivity index is 1.87. The lowest BCUT2D eigenvalue weighted by atomic mass is 9.85. The van der Waals surface area contributed by atoms with Gasteiger partial charge in [0.05, 0.1) is 13.0 Å². The van der Waals surface area contributed by atoms with Gasteiger partial charge in [-0.05, 0) is 75.2 Å². The average molecular weight is 514 g/mol. The zero-order valence-electron chi connectivity index (χ0n) is 22.8. The number of Topliss-reactive ketones (excluding diaryl/α,β-unsaturated/α-hetero) is 1. The highest BCUT2D eigenvalue weighted by Crippen LogP contribution is 2.32. The Labute approximate surface area is 223 Å². The van der Waals surface area contributed by atoms with Gasteiger partial charge in [-0.15, -0.1) is 0 Å². The zero-order valence-corrected chi connectivity index (χ0v) is 22.8. The van der Waals surface area contributed by atoms with Crippen LogP contribution in [0.1, 0.15) is 62.8 Å². The lowest BCUT2D eigenvalue weighted by molar-refractivity contribution is -0.156. The second-order valence-electron chi connectivity index (χ2n) is 10.6. The fraction of sp³-hybridized carbons (Fsp3) is 0.323. The Kier molecular flexibility index (Phi) is 7.86. The van der Waals surface area contributed by atoms with Gasteiger partial charge in [0.1, 0.15) is 17.4 Å². The summed E-state index contributed by atoms with van der Waals surface area (Å²) in [6.07, 6.45) is 3.40. The number of carbonyl (C=O) groups excluding carboxylic acids is 2.